The molecular weight excluding hydrogens is 576 g/mol. The summed E-state index contributed by atoms with van der Waals surface area (Å²) in [4.78, 5) is 30.7. The van der Waals surface area contributed by atoms with E-state index in [9.17, 15) is 4.79 Å². The molecule has 45 heavy (non-hydrogen) atoms. The second-order valence-electron chi connectivity index (χ2n) is 11.7. The third kappa shape index (κ3) is 6.48. The van der Waals surface area contributed by atoms with E-state index in [0.717, 1.165) is 82.2 Å². The van der Waals surface area contributed by atoms with E-state index in [1.54, 1.807) is 43.9 Å². The van der Waals surface area contributed by atoms with Crippen molar-refractivity contribution in [3.63, 3.8) is 0 Å². The zero-order valence-corrected chi connectivity index (χ0v) is 25.2. The predicted octanol–water partition coefficient (Wildman–Crippen LogP) is 4.02. The molecule has 3 aliphatic rings. The fourth-order valence-corrected chi connectivity index (χ4v) is 5.87. The first-order valence-electron chi connectivity index (χ1n) is 15.2. The second-order valence-corrected chi connectivity index (χ2v) is 11.7. The number of ether oxygens (including phenoxy) is 5. The van der Waals surface area contributed by atoms with Crippen LogP contribution in [0.4, 0.5) is 11.5 Å². The molecule has 0 saturated carbocycles. The first-order valence-corrected chi connectivity index (χ1v) is 15.2. The van der Waals surface area contributed by atoms with Gasteiger partial charge in [0.05, 0.1) is 57.3 Å². The molecule has 3 fully saturated rings. The standard InChI is InChI=1S/C33H36N6O6/c1-41-29-16-25-26(17-30(29)44-12-2-9-38-10-13-42-14-11-38)34-8-6-28(25)45-24-3-4-31(36-18-24)37-32(40)27-15-23(5-7-35-27)39-19-33(20-39)21-43-22-33/h3-8,15-18H,2,9-14,19-22H2,1H3,(H,36,37,40). The molecule has 234 valence electrons. The number of benzene rings is 1. The van der Waals surface area contributed by atoms with Crippen LogP contribution < -0.4 is 24.4 Å². The number of carbonyl (C=O) groups is 1. The maximum absolute atomic E-state index is 12.9. The summed E-state index contributed by atoms with van der Waals surface area (Å²) >= 11 is 0. The lowest BCUT2D eigenvalue weighted by atomic mass is 9.78. The number of hydrogen-bond donors (Lipinski definition) is 1. The Kier molecular flexibility index (Phi) is 8.33. The Labute approximate surface area is 261 Å². The molecule has 1 aromatic carbocycles. The number of rotatable bonds is 11. The molecule has 3 aliphatic heterocycles. The van der Waals surface area contributed by atoms with Crippen molar-refractivity contribution in [2.75, 3.05) is 83.1 Å². The lowest BCUT2D eigenvalue weighted by molar-refractivity contribution is -0.127. The van der Waals surface area contributed by atoms with Crippen LogP contribution in [0.1, 0.15) is 16.9 Å². The van der Waals surface area contributed by atoms with E-state index in [0.29, 0.717) is 41.1 Å². The highest BCUT2D eigenvalue weighted by atomic mass is 16.5. The van der Waals surface area contributed by atoms with Gasteiger partial charge in [-0.3, -0.25) is 19.7 Å². The van der Waals surface area contributed by atoms with Crippen molar-refractivity contribution in [3.05, 3.63) is 66.7 Å². The van der Waals surface area contributed by atoms with Gasteiger partial charge in [0.1, 0.15) is 23.0 Å². The van der Waals surface area contributed by atoms with E-state index in [1.165, 1.54) is 0 Å². The van der Waals surface area contributed by atoms with Gasteiger partial charge in [-0.15, -0.1) is 0 Å². The summed E-state index contributed by atoms with van der Waals surface area (Å²) in [5, 5.41) is 3.60. The number of carbonyl (C=O) groups excluding carboxylic acids is 1. The summed E-state index contributed by atoms with van der Waals surface area (Å²) in [6, 6.07) is 12.7. The zero-order valence-electron chi connectivity index (χ0n) is 25.2. The van der Waals surface area contributed by atoms with E-state index < -0.39 is 0 Å². The van der Waals surface area contributed by atoms with Crippen LogP contribution in [0.5, 0.6) is 23.0 Å². The van der Waals surface area contributed by atoms with Crippen LogP contribution in [-0.2, 0) is 9.47 Å². The van der Waals surface area contributed by atoms with Gasteiger partial charge in [-0.05, 0) is 42.8 Å². The molecule has 4 aromatic rings. The second kappa shape index (κ2) is 12.8. The normalized spacial score (nSPS) is 17.4. The summed E-state index contributed by atoms with van der Waals surface area (Å²) in [5.41, 5.74) is 2.32. The summed E-state index contributed by atoms with van der Waals surface area (Å²) < 4.78 is 28.7. The van der Waals surface area contributed by atoms with Gasteiger partial charge in [0.25, 0.3) is 5.91 Å². The lowest BCUT2D eigenvalue weighted by Crippen LogP contribution is -2.66. The molecule has 3 saturated heterocycles. The molecule has 3 aromatic heterocycles. The Morgan fingerprint density at radius 2 is 1.80 bits per heavy atom. The number of fused-ring (bicyclic) bond motifs is 1. The van der Waals surface area contributed by atoms with Gasteiger partial charge >= 0.3 is 0 Å². The average Bonchev–Trinajstić information content (AvgIpc) is 3.03. The molecule has 0 radical (unpaired) electrons. The number of anilines is 2. The number of amides is 1. The third-order valence-corrected chi connectivity index (χ3v) is 8.38. The highest BCUT2D eigenvalue weighted by Crippen LogP contribution is 2.40. The van der Waals surface area contributed by atoms with Gasteiger partial charge in [-0.1, -0.05) is 0 Å². The predicted molar refractivity (Wildman–Crippen MR) is 168 cm³/mol. The Hall–Kier alpha value is -4.52. The van der Waals surface area contributed by atoms with Crippen LogP contribution in [-0.4, -0.2) is 98.6 Å². The van der Waals surface area contributed by atoms with E-state index in [2.05, 4.69) is 30.1 Å². The maximum Gasteiger partial charge on any atom is 0.275 e. The molecule has 1 amide bonds. The summed E-state index contributed by atoms with van der Waals surface area (Å²) in [5.74, 6) is 2.41. The largest absolute Gasteiger partial charge is 0.493 e. The van der Waals surface area contributed by atoms with Crippen molar-refractivity contribution in [3.8, 4) is 23.0 Å². The van der Waals surface area contributed by atoms with E-state index >= 15 is 0 Å². The number of aromatic nitrogens is 3. The van der Waals surface area contributed by atoms with E-state index in [1.807, 2.05) is 24.3 Å². The van der Waals surface area contributed by atoms with Gasteiger partial charge in [-0.2, -0.15) is 0 Å². The van der Waals surface area contributed by atoms with Crippen LogP contribution in [0.2, 0.25) is 0 Å². The Bertz CT molecular complexity index is 1650. The van der Waals surface area contributed by atoms with E-state index in [4.69, 9.17) is 23.7 Å². The lowest BCUT2D eigenvalue weighted by Gasteiger charge is -2.56. The van der Waals surface area contributed by atoms with Crippen LogP contribution in [0.25, 0.3) is 10.9 Å². The highest BCUT2D eigenvalue weighted by molar-refractivity contribution is 6.02. The van der Waals surface area contributed by atoms with Crippen LogP contribution in [0.15, 0.2) is 61.1 Å². The number of nitrogens with one attached hydrogen (secondary N) is 1. The first-order chi connectivity index (χ1) is 22.1. The topological polar surface area (TPSA) is 120 Å². The van der Waals surface area contributed by atoms with Crippen molar-refractivity contribution < 1.29 is 28.5 Å². The summed E-state index contributed by atoms with van der Waals surface area (Å²) in [6.45, 7) is 8.52. The minimum Gasteiger partial charge on any atom is -0.493 e. The molecule has 6 heterocycles. The number of hydrogen-bond acceptors (Lipinski definition) is 11. The number of methoxy groups -OCH3 is 1. The van der Waals surface area contributed by atoms with Gasteiger partial charge in [0.15, 0.2) is 11.5 Å². The molecule has 12 heteroatoms. The van der Waals surface area contributed by atoms with Crippen molar-refractivity contribution in [2.45, 2.75) is 6.42 Å². The first kappa shape index (κ1) is 29.2. The minimum atomic E-state index is -0.327. The van der Waals surface area contributed by atoms with Gasteiger partial charge < -0.3 is 33.9 Å². The number of pyridine rings is 3. The third-order valence-electron chi connectivity index (χ3n) is 8.38. The quantitative estimate of drug-likeness (QED) is 0.247. The zero-order chi connectivity index (χ0) is 30.6. The molecule has 0 unspecified atom stereocenters. The van der Waals surface area contributed by atoms with Gasteiger partial charge in [-0.25, -0.2) is 4.98 Å². The molecule has 1 spiro atoms. The van der Waals surface area contributed by atoms with Crippen molar-refractivity contribution in [1.82, 2.24) is 19.9 Å². The van der Waals surface area contributed by atoms with Crippen LogP contribution in [0, 0.1) is 5.41 Å². The minimum absolute atomic E-state index is 0.286. The van der Waals surface area contributed by atoms with Crippen molar-refractivity contribution >= 4 is 28.3 Å². The number of nitrogens with zero attached hydrogens (tertiary/aromatic N) is 5. The number of morpholine rings is 1. The van der Waals surface area contributed by atoms with Gasteiger partial charge in [0, 0.05) is 62.3 Å². The summed E-state index contributed by atoms with van der Waals surface area (Å²) in [6.07, 6.45) is 5.82. The Morgan fingerprint density at radius 3 is 2.56 bits per heavy atom. The molecule has 12 nitrogen and oxygen atoms in total. The highest BCUT2D eigenvalue weighted by Gasteiger charge is 2.49. The molecule has 0 aliphatic carbocycles. The molecule has 7 rings (SSSR count). The summed E-state index contributed by atoms with van der Waals surface area (Å²) in [7, 11) is 1.62. The Morgan fingerprint density at radius 1 is 0.956 bits per heavy atom. The molecule has 0 atom stereocenters. The maximum atomic E-state index is 12.9. The SMILES string of the molecule is COc1cc2c(Oc3ccc(NC(=O)c4cc(N5CC6(COC6)C5)ccn4)nc3)ccnc2cc1OCCCN1CCOCC1. The van der Waals surface area contributed by atoms with Gasteiger partial charge in [0.2, 0.25) is 0 Å². The monoisotopic (exact) mass is 612 g/mol. The molecule has 1 N–H and O–H groups in total. The molecule has 0 bridgehead atoms. The Balaban J connectivity index is 0.971. The van der Waals surface area contributed by atoms with Crippen molar-refractivity contribution in [1.29, 1.82) is 0 Å². The van der Waals surface area contributed by atoms with Crippen LogP contribution >= 0.6 is 0 Å². The smallest absolute Gasteiger partial charge is 0.275 e. The fourth-order valence-electron chi connectivity index (χ4n) is 5.87. The fraction of sp³-hybridized carbons (Fsp3) is 0.394. The average molecular weight is 613 g/mol. The van der Waals surface area contributed by atoms with Crippen molar-refractivity contribution in [2.24, 2.45) is 5.41 Å². The van der Waals surface area contributed by atoms with Crippen LogP contribution in [0.3, 0.4) is 0 Å². The molecular formula is C33H36N6O6. The van der Waals surface area contributed by atoms with E-state index in [-0.39, 0.29) is 11.3 Å².